The van der Waals surface area contributed by atoms with Crippen LogP contribution in [0, 0.1) is 0 Å². The summed E-state index contributed by atoms with van der Waals surface area (Å²) in [5.74, 6) is 0.622. The first-order valence-corrected chi connectivity index (χ1v) is 11.1. The highest BCUT2D eigenvalue weighted by Crippen LogP contribution is 2.20. The minimum absolute atomic E-state index is 0. The molecule has 0 radical (unpaired) electrons. The molecule has 6 nitrogen and oxygen atoms in total. The summed E-state index contributed by atoms with van der Waals surface area (Å²) in [6, 6.07) is 8.57. The van der Waals surface area contributed by atoms with Gasteiger partial charge in [-0.25, -0.2) is 0 Å². The molecule has 2 saturated heterocycles. The van der Waals surface area contributed by atoms with Gasteiger partial charge in [-0.1, -0.05) is 24.3 Å². The Morgan fingerprint density at radius 2 is 1.75 bits per heavy atom. The molecule has 1 aromatic rings. The van der Waals surface area contributed by atoms with E-state index in [-0.39, 0.29) is 30.0 Å². The Bertz CT molecular complexity index is 713. The smallest absolute Gasteiger partial charge is 0.352 e. The number of alkyl halides is 3. The van der Waals surface area contributed by atoms with E-state index in [1.807, 2.05) is 0 Å². The van der Waals surface area contributed by atoms with E-state index in [0.29, 0.717) is 32.0 Å². The summed E-state index contributed by atoms with van der Waals surface area (Å²) in [4.78, 5) is 10.5. The lowest BCUT2D eigenvalue weighted by Crippen LogP contribution is -2.44. The van der Waals surface area contributed by atoms with Crippen molar-refractivity contribution in [2.24, 2.45) is 4.99 Å². The molecule has 0 bridgehead atoms. The first-order valence-electron chi connectivity index (χ1n) is 11.1. The topological polar surface area (TPSA) is 46.1 Å². The molecule has 0 aliphatic carbocycles. The van der Waals surface area contributed by atoms with Gasteiger partial charge in [-0.2, -0.15) is 13.2 Å². The maximum absolute atomic E-state index is 12.6. The molecule has 32 heavy (non-hydrogen) atoms. The van der Waals surface area contributed by atoms with Gasteiger partial charge in [0.1, 0.15) is 0 Å². The van der Waals surface area contributed by atoms with Crippen molar-refractivity contribution in [2.75, 3.05) is 59.9 Å². The van der Waals surface area contributed by atoms with E-state index in [1.165, 1.54) is 16.9 Å². The average Bonchev–Trinajstić information content (AvgIpc) is 3.04. The van der Waals surface area contributed by atoms with Crippen LogP contribution in [0.1, 0.15) is 24.0 Å². The number of guanidine groups is 1. The normalized spacial score (nSPS) is 21.8. The van der Waals surface area contributed by atoms with Crippen LogP contribution in [-0.2, 0) is 13.1 Å². The van der Waals surface area contributed by atoms with Gasteiger partial charge in [0.05, 0.1) is 6.54 Å². The summed E-state index contributed by atoms with van der Waals surface area (Å²) in [5.41, 5.74) is 2.46. The second-order valence-corrected chi connectivity index (χ2v) is 8.66. The minimum atomic E-state index is -4.15. The molecular formula is C22H36F3IN6. The van der Waals surface area contributed by atoms with Gasteiger partial charge in [0, 0.05) is 52.4 Å². The Morgan fingerprint density at radius 3 is 2.44 bits per heavy atom. The third-order valence-corrected chi connectivity index (χ3v) is 5.94. The SMILES string of the molecule is CN=C(NCc1ccc(CN2CCCN(C)CC2)cc1)NC1CCN(CC(F)(F)F)C1.I. The molecule has 2 fully saturated rings. The van der Waals surface area contributed by atoms with Gasteiger partial charge in [0.2, 0.25) is 0 Å². The van der Waals surface area contributed by atoms with Crippen molar-refractivity contribution in [3.05, 3.63) is 35.4 Å². The first-order chi connectivity index (χ1) is 14.8. The fraction of sp³-hybridized carbons (Fsp3) is 0.682. The van der Waals surface area contributed by atoms with Gasteiger partial charge >= 0.3 is 6.18 Å². The Hall–Kier alpha value is -1.11. The van der Waals surface area contributed by atoms with Crippen LogP contribution in [-0.4, -0.2) is 92.8 Å². The Balaban J connectivity index is 0.00000363. The quantitative estimate of drug-likeness (QED) is 0.314. The number of hydrogen-bond acceptors (Lipinski definition) is 4. The Labute approximate surface area is 206 Å². The molecule has 182 valence electrons. The van der Waals surface area contributed by atoms with E-state index in [4.69, 9.17) is 0 Å². The third kappa shape index (κ3) is 9.40. The molecular weight excluding hydrogens is 532 g/mol. The Morgan fingerprint density at radius 1 is 1.03 bits per heavy atom. The summed E-state index contributed by atoms with van der Waals surface area (Å²) in [6.07, 6.45) is -2.26. The third-order valence-electron chi connectivity index (χ3n) is 5.94. The van der Waals surface area contributed by atoms with E-state index in [9.17, 15) is 13.2 Å². The molecule has 10 heteroatoms. The Kier molecular flexibility index (Phi) is 11.0. The summed E-state index contributed by atoms with van der Waals surface area (Å²) < 4.78 is 37.7. The zero-order chi connectivity index (χ0) is 22.3. The molecule has 2 heterocycles. The van der Waals surface area contributed by atoms with Crippen molar-refractivity contribution in [1.82, 2.24) is 25.3 Å². The number of benzene rings is 1. The molecule has 0 spiro atoms. The van der Waals surface area contributed by atoms with Gasteiger partial charge in [-0.3, -0.25) is 14.8 Å². The highest BCUT2D eigenvalue weighted by atomic mass is 127. The molecule has 1 aromatic carbocycles. The van der Waals surface area contributed by atoms with Crippen molar-refractivity contribution < 1.29 is 13.2 Å². The van der Waals surface area contributed by atoms with Crippen molar-refractivity contribution in [2.45, 2.75) is 38.1 Å². The van der Waals surface area contributed by atoms with Crippen LogP contribution < -0.4 is 10.6 Å². The molecule has 1 unspecified atom stereocenters. The van der Waals surface area contributed by atoms with E-state index < -0.39 is 12.7 Å². The summed E-state index contributed by atoms with van der Waals surface area (Å²) in [7, 11) is 3.86. The first kappa shape index (κ1) is 27.1. The second-order valence-electron chi connectivity index (χ2n) is 8.66. The van der Waals surface area contributed by atoms with Crippen molar-refractivity contribution >= 4 is 29.9 Å². The standard InChI is InChI=1S/C22H35F3N6.HI/c1-26-21(28-20-8-11-31(16-20)17-22(23,24)25)27-14-18-4-6-19(7-5-18)15-30-10-3-9-29(2)12-13-30;/h4-7,20H,3,8-17H2,1-2H3,(H2,26,27,28);1H. The van der Waals surface area contributed by atoms with Crippen LogP contribution >= 0.6 is 24.0 Å². The lowest BCUT2D eigenvalue weighted by atomic mass is 10.1. The summed E-state index contributed by atoms with van der Waals surface area (Å²) >= 11 is 0. The molecule has 2 aliphatic heterocycles. The number of likely N-dealkylation sites (tertiary alicyclic amines) is 1. The summed E-state index contributed by atoms with van der Waals surface area (Å²) in [5, 5.41) is 6.52. The number of nitrogens with one attached hydrogen (secondary N) is 2. The molecule has 1 atom stereocenters. The monoisotopic (exact) mass is 568 g/mol. The van der Waals surface area contributed by atoms with Crippen molar-refractivity contribution in [1.29, 1.82) is 0 Å². The van der Waals surface area contributed by atoms with E-state index >= 15 is 0 Å². The molecule has 2 N–H and O–H groups in total. The number of halogens is 4. The fourth-order valence-corrected chi connectivity index (χ4v) is 4.20. The second kappa shape index (κ2) is 13.0. The molecule has 2 aliphatic rings. The number of aliphatic imine (C=N–C) groups is 1. The predicted octanol–water partition coefficient (Wildman–Crippen LogP) is 2.74. The van der Waals surface area contributed by atoms with Crippen LogP contribution in [0.15, 0.2) is 29.3 Å². The van der Waals surface area contributed by atoms with Gasteiger partial charge in [0.15, 0.2) is 5.96 Å². The highest BCUT2D eigenvalue weighted by Gasteiger charge is 2.34. The van der Waals surface area contributed by atoms with Crippen LogP contribution in [0.4, 0.5) is 13.2 Å². The van der Waals surface area contributed by atoms with Gasteiger partial charge in [0.25, 0.3) is 0 Å². The van der Waals surface area contributed by atoms with E-state index in [2.05, 4.69) is 56.7 Å². The van der Waals surface area contributed by atoms with Gasteiger partial charge in [-0.15, -0.1) is 24.0 Å². The van der Waals surface area contributed by atoms with Crippen molar-refractivity contribution in [3.8, 4) is 0 Å². The molecule has 0 aromatic heterocycles. The zero-order valence-electron chi connectivity index (χ0n) is 19.0. The van der Waals surface area contributed by atoms with Crippen molar-refractivity contribution in [3.63, 3.8) is 0 Å². The fourth-order valence-electron chi connectivity index (χ4n) is 4.20. The average molecular weight is 568 g/mol. The van der Waals surface area contributed by atoms with Crippen LogP contribution in [0.2, 0.25) is 0 Å². The van der Waals surface area contributed by atoms with E-state index in [0.717, 1.165) is 38.3 Å². The molecule has 0 saturated carbocycles. The van der Waals surface area contributed by atoms with E-state index in [1.54, 1.807) is 7.05 Å². The lowest BCUT2D eigenvalue weighted by molar-refractivity contribution is -0.143. The number of rotatable bonds is 6. The predicted molar refractivity (Wildman–Crippen MR) is 133 cm³/mol. The molecule has 3 rings (SSSR count). The minimum Gasteiger partial charge on any atom is -0.352 e. The lowest BCUT2D eigenvalue weighted by Gasteiger charge is -2.20. The maximum Gasteiger partial charge on any atom is 0.401 e. The highest BCUT2D eigenvalue weighted by molar-refractivity contribution is 14.0. The van der Waals surface area contributed by atoms with Crippen LogP contribution in [0.5, 0.6) is 0 Å². The maximum atomic E-state index is 12.6. The van der Waals surface area contributed by atoms with Gasteiger partial charge < -0.3 is 15.5 Å². The van der Waals surface area contributed by atoms with Crippen LogP contribution in [0.3, 0.4) is 0 Å². The number of hydrogen-bond donors (Lipinski definition) is 2. The molecule has 0 amide bonds. The number of likely N-dealkylation sites (N-methyl/N-ethyl adjacent to an activating group) is 1. The van der Waals surface area contributed by atoms with Crippen LogP contribution in [0.25, 0.3) is 0 Å². The number of nitrogens with zero attached hydrogens (tertiary/aromatic N) is 4. The van der Waals surface area contributed by atoms with Gasteiger partial charge in [-0.05, 0) is 44.1 Å². The largest absolute Gasteiger partial charge is 0.401 e. The summed E-state index contributed by atoms with van der Waals surface area (Å²) in [6.45, 7) is 6.08. The zero-order valence-corrected chi connectivity index (χ0v) is 21.3.